The van der Waals surface area contributed by atoms with E-state index in [1.807, 2.05) is 6.92 Å². The van der Waals surface area contributed by atoms with E-state index in [4.69, 9.17) is 25.7 Å². The highest BCUT2D eigenvalue weighted by Gasteiger charge is 2.32. The first-order valence-electron chi connectivity index (χ1n) is 9.12. The van der Waals surface area contributed by atoms with E-state index in [2.05, 4.69) is 27.7 Å². The number of unbranched alkanes of at least 4 members (excludes halogenated alkanes) is 1. The van der Waals surface area contributed by atoms with Gasteiger partial charge in [-0.15, -0.1) is 0 Å². The predicted octanol–water partition coefficient (Wildman–Crippen LogP) is 2.71. The fraction of sp³-hybridized carbons (Fsp3) is 1.00. The van der Waals surface area contributed by atoms with Crippen LogP contribution in [-0.2, 0) is 14.2 Å². The van der Waals surface area contributed by atoms with Gasteiger partial charge in [-0.25, -0.2) is 0 Å². The molecular weight excluding hydrogens is 292 g/mol. The molecule has 5 heteroatoms. The van der Waals surface area contributed by atoms with Gasteiger partial charge in [-0.05, 0) is 47.0 Å². The Bertz CT molecular complexity index is 273. The molecule has 0 aromatic carbocycles. The first-order chi connectivity index (χ1) is 10.8. The van der Waals surface area contributed by atoms with Crippen LogP contribution in [0, 0.1) is 5.92 Å². The average molecular weight is 333 g/mol. The van der Waals surface area contributed by atoms with Gasteiger partial charge in [0.15, 0.2) is 0 Å². The monoisotopic (exact) mass is 332 g/mol. The number of rotatable bonds is 15. The fourth-order valence-electron chi connectivity index (χ4n) is 2.39. The number of hydrogen-bond acceptors (Lipinski definition) is 5. The van der Waals surface area contributed by atoms with Crippen molar-refractivity contribution in [2.24, 2.45) is 17.4 Å². The summed E-state index contributed by atoms with van der Waals surface area (Å²) in [5.74, 6) is 0.278. The molecule has 3 atom stereocenters. The maximum absolute atomic E-state index is 6.12. The Morgan fingerprint density at radius 1 is 1.09 bits per heavy atom. The minimum atomic E-state index is -0.262. The van der Waals surface area contributed by atoms with Gasteiger partial charge < -0.3 is 25.7 Å². The predicted molar refractivity (Wildman–Crippen MR) is 96.6 cm³/mol. The van der Waals surface area contributed by atoms with Gasteiger partial charge in [0, 0.05) is 31.7 Å². The zero-order valence-electron chi connectivity index (χ0n) is 16.0. The van der Waals surface area contributed by atoms with Crippen molar-refractivity contribution in [3.63, 3.8) is 0 Å². The third-order valence-corrected chi connectivity index (χ3v) is 4.13. The summed E-state index contributed by atoms with van der Waals surface area (Å²) in [6, 6.07) is 0.164. The molecule has 0 radical (unpaired) electrons. The van der Waals surface area contributed by atoms with Gasteiger partial charge >= 0.3 is 0 Å². The van der Waals surface area contributed by atoms with E-state index in [0.29, 0.717) is 26.4 Å². The van der Waals surface area contributed by atoms with Crippen LogP contribution in [0.5, 0.6) is 0 Å². The molecule has 0 aliphatic rings. The second-order valence-corrected chi connectivity index (χ2v) is 7.05. The normalized spacial score (nSPS) is 16.3. The van der Waals surface area contributed by atoms with Crippen molar-refractivity contribution in [2.75, 3.05) is 33.0 Å². The van der Waals surface area contributed by atoms with Crippen LogP contribution in [0.4, 0.5) is 0 Å². The first-order valence-corrected chi connectivity index (χ1v) is 9.12. The molecule has 23 heavy (non-hydrogen) atoms. The van der Waals surface area contributed by atoms with Crippen LogP contribution < -0.4 is 11.5 Å². The van der Waals surface area contributed by atoms with Crippen molar-refractivity contribution >= 4 is 0 Å². The minimum Gasteiger partial charge on any atom is -0.381 e. The van der Waals surface area contributed by atoms with Gasteiger partial charge in [0.25, 0.3) is 0 Å². The van der Waals surface area contributed by atoms with E-state index in [9.17, 15) is 0 Å². The highest BCUT2D eigenvalue weighted by Crippen LogP contribution is 2.27. The first kappa shape index (κ1) is 22.8. The summed E-state index contributed by atoms with van der Waals surface area (Å²) in [4.78, 5) is 0. The summed E-state index contributed by atoms with van der Waals surface area (Å²) < 4.78 is 17.7. The second-order valence-electron chi connectivity index (χ2n) is 7.05. The lowest BCUT2D eigenvalue weighted by Crippen LogP contribution is -2.40. The second kappa shape index (κ2) is 13.1. The van der Waals surface area contributed by atoms with E-state index < -0.39 is 0 Å². The molecule has 0 aliphatic heterocycles. The van der Waals surface area contributed by atoms with E-state index in [1.165, 1.54) is 0 Å². The molecule has 140 valence electrons. The van der Waals surface area contributed by atoms with Crippen LogP contribution in [0.2, 0.25) is 0 Å². The molecule has 0 saturated heterocycles. The third-order valence-electron chi connectivity index (χ3n) is 4.13. The van der Waals surface area contributed by atoms with Gasteiger partial charge in [-0.3, -0.25) is 0 Å². The largest absolute Gasteiger partial charge is 0.381 e. The maximum Gasteiger partial charge on any atom is 0.0677 e. The van der Waals surface area contributed by atoms with Crippen LogP contribution in [0.3, 0.4) is 0 Å². The molecule has 0 aliphatic carbocycles. The molecular formula is C18H40N2O3. The van der Waals surface area contributed by atoms with Gasteiger partial charge in [-0.2, -0.15) is 0 Å². The molecule has 0 aromatic rings. The Morgan fingerprint density at radius 3 is 2.35 bits per heavy atom. The van der Waals surface area contributed by atoms with Crippen LogP contribution in [0.1, 0.15) is 60.3 Å². The van der Waals surface area contributed by atoms with Crippen molar-refractivity contribution in [1.29, 1.82) is 0 Å². The smallest absolute Gasteiger partial charge is 0.0677 e. The molecule has 4 N–H and O–H groups in total. The zero-order chi connectivity index (χ0) is 17.7. The summed E-state index contributed by atoms with van der Waals surface area (Å²) in [7, 11) is 0. The summed E-state index contributed by atoms with van der Waals surface area (Å²) in [5, 5.41) is 0. The van der Waals surface area contributed by atoms with E-state index in [1.54, 1.807) is 0 Å². The highest BCUT2D eigenvalue weighted by molar-refractivity contribution is 4.81. The number of hydrogen-bond donors (Lipinski definition) is 2. The number of nitrogens with two attached hydrogens (primary N) is 2. The molecule has 0 fully saturated rings. The third kappa shape index (κ3) is 11.9. The van der Waals surface area contributed by atoms with Crippen molar-refractivity contribution in [3.8, 4) is 0 Å². The Kier molecular flexibility index (Phi) is 13.0. The lowest BCUT2D eigenvalue weighted by Gasteiger charge is -2.36. The standard InChI is InChI=1S/C18H40N2O3/c1-6-7-10-21-14-17(13-16(3)22-12-9-19)18(4,5)23-11-8-15(2)20/h15-17H,6-14,19-20H2,1-5H3. The summed E-state index contributed by atoms with van der Waals surface area (Å²) in [5.41, 5.74) is 11.1. The maximum atomic E-state index is 6.12. The highest BCUT2D eigenvalue weighted by atomic mass is 16.5. The van der Waals surface area contributed by atoms with Gasteiger partial charge in [0.05, 0.1) is 24.9 Å². The van der Waals surface area contributed by atoms with Gasteiger partial charge in [-0.1, -0.05) is 13.3 Å². The molecule has 0 spiro atoms. The molecule has 0 bridgehead atoms. The van der Waals surface area contributed by atoms with Gasteiger partial charge in [0.2, 0.25) is 0 Å². The fourth-order valence-corrected chi connectivity index (χ4v) is 2.39. The Morgan fingerprint density at radius 2 is 1.78 bits per heavy atom. The molecule has 0 saturated carbocycles. The molecule has 3 unspecified atom stereocenters. The minimum absolute atomic E-state index is 0.148. The van der Waals surface area contributed by atoms with Crippen LogP contribution in [-0.4, -0.2) is 50.7 Å². The average Bonchev–Trinajstić information content (AvgIpc) is 2.47. The van der Waals surface area contributed by atoms with Crippen molar-refractivity contribution in [3.05, 3.63) is 0 Å². The quantitative estimate of drug-likeness (QED) is 0.451. The van der Waals surface area contributed by atoms with E-state index in [-0.39, 0.29) is 23.7 Å². The molecule has 0 amide bonds. The van der Waals surface area contributed by atoms with Gasteiger partial charge in [0.1, 0.15) is 0 Å². The van der Waals surface area contributed by atoms with Crippen molar-refractivity contribution < 1.29 is 14.2 Å². The van der Waals surface area contributed by atoms with E-state index >= 15 is 0 Å². The summed E-state index contributed by atoms with van der Waals surface area (Å²) >= 11 is 0. The lowest BCUT2D eigenvalue weighted by atomic mass is 9.86. The zero-order valence-corrected chi connectivity index (χ0v) is 16.0. The Balaban J connectivity index is 4.52. The van der Waals surface area contributed by atoms with E-state index in [0.717, 1.165) is 32.3 Å². The van der Waals surface area contributed by atoms with Crippen LogP contribution >= 0.6 is 0 Å². The topological polar surface area (TPSA) is 79.7 Å². The van der Waals surface area contributed by atoms with Crippen molar-refractivity contribution in [2.45, 2.75) is 78.0 Å². The lowest BCUT2D eigenvalue weighted by molar-refractivity contribution is -0.100. The molecule has 5 nitrogen and oxygen atoms in total. The Hall–Kier alpha value is -0.200. The van der Waals surface area contributed by atoms with Crippen LogP contribution in [0.15, 0.2) is 0 Å². The van der Waals surface area contributed by atoms with Crippen LogP contribution in [0.25, 0.3) is 0 Å². The number of ether oxygens (including phenoxy) is 3. The summed E-state index contributed by atoms with van der Waals surface area (Å²) in [6.07, 6.45) is 4.16. The Labute approximate surface area is 143 Å². The SMILES string of the molecule is CCCCOCC(CC(C)OCCN)C(C)(C)OCCC(C)N. The molecule has 0 rings (SSSR count). The van der Waals surface area contributed by atoms with Crippen molar-refractivity contribution in [1.82, 2.24) is 0 Å². The molecule has 0 heterocycles. The molecule has 0 aromatic heterocycles. The summed E-state index contributed by atoms with van der Waals surface area (Å²) in [6.45, 7) is 13.9.